The summed E-state index contributed by atoms with van der Waals surface area (Å²) in [6, 6.07) is 1.92. The average molecular weight is 327 g/mol. The fraction of sp³-hybridized carbons (Fsp3) is 0.533. The van der Waals surface area contributed by atoms with Crippen molar-refractivity contribution in [3.05, 3.63) is 21.7 Å². The van der Waals surface area contributed by atoms with Crippen LogP contribution in [0.2, 0.25) is 0 Å². The number of halogens is 1. The van der Waals surface area contributed by atoms with E-state index in [-0.39, 0.29) is 5.78 Å². The molecule has 1 aromatic rings. The predicted octanol–water partition coefficient (Wildman–Crippen LogP) is 4.33. The van der Waals surface area contributed by atoms with Crippen LogP contribution in [-0.2, 0) is 0 Å². The molecule has 4 heteroatoms. The third-order valence-corrected chi connectivity index (χ3v) is 4.06. The van der Waals surface area contributed by atoms with Crippen molar-refractivity contribution in [3.8, 4) is 11.5 Å². The summed E-state index contributed by atoms with van der Waals surface area (Å²) in [6.07, 6.45) is 1.47. The van der Waals surface area contributed by atoms with Crippen molar-refractivity contribution in [2.45, 2.75) is 39.5 Å². The zero-order valence-electron chi connectivity index (χ0n) is 11.6. The van der Waals surface area contributed by atoms with Gasteiger partial charge in [-0.3, -0.25) is 4.79 Å². The van der Waals surface area contributed by atoms with Crippen LogP contribution in [0, 0.1) is 0 Å². The van der Waals surface area contributed by atoms with Crippen LogP contribution in [0.4, 0.5) is 0 Å². The molecule has 0 saturated carbocycles. The second kappa shape index (κ2) is 5.95. The molecule has 0 aliphatic heterocycles. The van der Waals surface area contributed by atoms with Gasteiger partial charge in [-0.05, 0) is 37.8 Å². The van der Waals surface area contributed by atoms with Gasteiger partial charge >= 0.3 is 0 Å². The molecule has 1 atom stereocenters. The number of ketones is 1. The molecule has 0 aromatic heterocycles. The number of benzene rings is 1. The van der Waals surface area contributed by atoms with E-state index in [1.165, 1.54) is 0 Å². The Bertz CT molecular complexity index is 497. The largest absolute Gasteiger partial charge is 0.490 e. The third kappa shape index (κ3) is 2.64. The molecule has 0 bridgehead atoms. The summed E-state index contributed by atoms with van der Waals surface area (Å²) in [4.78, 5) is 12.3. The van der Waals surface area contributed by atoms with Gasteiger partial charge in [0.1, 0.15) is 0 Å². The van der Waals surface area contributed by atoms with Gasteiger partial charge in [-0.2, -0.15) is 0 Å². The standard InChI is InChI=1S/C15H19BrO3/c1-4-18-12-8-10(16)13-9(3)6-7-11(17)14(13)15(12)19-5-2/h8-9H,4-7H2,1-3H3. The van der Waals surface area contributed by atoms with Gasteiger partial charge in [-0.1, -0.05) is 22.9 Å². The summed E-state index contributed by atoms with van der Waals surface area (Å²) in [5, 5.41) is 0. The average Bonchev–Trinajstić information content (AvgIpc) is 2.37. The lowest BCUT2D eigenvalue weighted by Crippen LogP contribution is -2.17. The molecule has 0 amide bonds. The Morgan fingerprint density at radius 1 is 1.32 bits per heavy atom. The molecular formula is C15H19BrO3. The number of hydrogen-bond donors (Lipinski definition) is 0. The van der Waals surface area contributed by atoms with E-state index >= 15 is 0 Å². The van der Waals surface area contributed by atoms with E-state index in [9.17, 15) is 4.79 Å². The van der Waals surface area contributed by atoms with Crippen LogP contribution in [0.5, 0.6) is 11.5 Å². The number of fused-ring (bicyclic) bond motifs is 1. The Hall–Kier alpha value is -1.03. The monoisotopic (exact) mass is 326 g/mol. The molecule has 19 heavy (non-hydrogen) atoms. The van der Waals surface area contributed by atoms with Crippen LogP contribution in [0.15, 0.2) is 10.5 Å². The summed E-state index contributed by atoms with van der Waals surface area (Å²) in [5.74, 6) is 1.77. The molecule has 2 rings (SSSR count). The van der Waals surface area contributed by atoms with Gasteiger partial charge < -0.3 is 9.47 Å². The fourth-order valence-corrected chi connectivity index (χ4v) is 3.35. The van der Waals surface area contributed by atoms with Gasteiger partial charge in [0.05, 0.1) is 18.8 Å². The lowest BCUT2D eigenvalue weighted by molar-refractivity contribution is 0.0962. The second-order valence-corrected chi connectivity index (χ2v) is 5.56. The van der Waals surface area contributed by atoms with Gasteiger partial charge in [-0.25, -0.2) is 0 Å². The first-order valence-corrected chi connectivity index (χ1v) is 7.54. The first kappa shape index (κ1) is 14.4. The van der Waals surface area contributed by atoms with Crippen molar-refractivity contribution in [1.82, 2.24) is 0 Å². The van der Waals surface area contributed by atoms with Gasteiger partial charge in [0, 0.05) is 10.9 Å². The molecule has 0 saturated heterocycles. The van der Waals surface area contributed by atoms with Crippen molar-refractivity contribution >= 4 is 21.7 Å². The molecule has 0 N–H and O–H groups in total. The van der Waals surface area contributed by atoms with Gasteiger partial charge in [0.15, 0.2) is 17.3 Å². The summed E-state index contributed by atoms with van der Waals surface area (Å²) in [7, 11) is 0. The molecular weight excluding hydrogens is 308 g/mol. The Morgan fingerprint density at radius 3 is 2.63 bits per heavy atom. The van der Waals surface area contributed by atoms with Crippen LogP contribution in [0.3, 0.4) is 0 Å². The van der Waals surface area contributed by atoms with E-state index in [4.69, 9.17) is 9.47 Å². The summed E-state index contributed by atoms with van der Waals surface area (Å²) in [5.41, 5.74) is 1.77. The predicted molar refractivity (Wildman–Crippen MR) is 78.5 cm³/mol. The van der Waals surface area contributed by atoms with Crippen LogP contribution >= 0.6 is 15.9 Å². The first-order valence-electron chi connectivity index (χ1n) is 6.75. The Morgan fingerprint density at radius 2 is 2.00 bits per heavy atom. The lowest BCUT2D eigenvalue weighted by Gasteiger charge is -2.26. The summed E-state index contributed by atoms with van der Waals surface area (Å²) < 4.78 is 12.2. The van der Waals surface area contributed by atoms with E-state index in [1.54, 1.807) is 0 Å². The topological polar surface area (TPSA) is 35.5 Å². The Balaban J connectivity index is 2.66. The van der Waals surface area contributed by atoms with E-state index in [1.807, 2.05) is 19.9 Å². The van der Waals surface area contributed by atoms with Crippen molar-refractivity contribution < 1.29 is 14.3 Å². The summed E-state index contributed by atoms with van der Waals surface area (Å²) >= 11 is 3.57. The number of rotatable bonds is 4. The minimum absolute atomic E-state index is 0.152. The van der Waals surface area contributed by atoms with Crippen molar-refractivity contribution in [1.29, 1.82) is 0 Å². The van der Waals surface area contributed by atoms with Crippen LogP contribution in [0.1, 0.15) is 55.5 Å². The molecule has 1 unspecified atom stereocenters. The maximum atomic E-state index is 12.3. The van der Waals surface area contributed by atoms with Gasteiger partial charge in [0.2, 0.25) is 0 Å². The van der Waals surface area contributed by atoms with Gasteiger partial charge in [-0.15, -0.1) is 0 Å². The van der Waals surface area contributed by atoms with Crippen LogP contribution in [0.25, 0.3) is 0 Å². The first-order chi connectivity index (χ1) is 9.10. The zero-order valence-corrected chi connectivity index (χ0v) is 13.2. The fourth-order valence-electron chi connectivity index (χ4n) is 2.55. The Labute approximate surface area is 122 Å². The normalized spacial score (nSPS) is 18.1. The molecule has 1 aliphatic carbocycles. The minimum Gasteiger partial charge on any atom is -0.490 e. The molecule has 0 spiro atoms. The molecule has 104 valence electrons. The number of hydrogen-bond acceptors (Lipinski definition) is 3. The minimum atomic E-state index is 0.152. The SMILES string of the molecule is CCOc1cc(Br)c2c(c1OCC)C(=O)CCC2C. The van der Waals surface area contributed by atoms with E-state index < -0.39 is 0 Å². The van der Waals surface area contributed by atoms with Crippen molar-refractivity contribution in [3.63, 3.8) is 0 Å². The molecule has 0 radical (unpaired) electrons. The molecule has 0 heterocycles. The van der Waals surface area contributed by atoms with E-state index in [0.29, 0.717) is 42.6 Å². The molecule has 1 aromatic carbocycles. The summed E-state index contributed by atoms with van der Waals surface area (Å²) in [6.45, 7) is 7.06. The van der Waals surface area contributed by atoms with Gasteiger partial charge in [0.25, 0.3) is 0 Å². The molecule has 0 fully saturated rings. The highest BCUT2D eigenvalue weighted by Crippen LogP contribution is 2.45. The second-order valence-electron chi connectivity index (χ2n) is 4.70. The maximum absolute atomic E-state index is 12.3. The quantitative estimate of drug-likeness (QED) is 0.826. The third-order valence-electron chi connectivity index (χ3n) is 3.40. The number of carbonyl (C=O) groups is 1. The number of carbonyl (C=O) groups excluding carboxylic acids is 1. The van der Waals surface area contributed by atoms with Crippen LogP contribution in [-0.4, -0.2) is 19.0 Å². The van der Waals surface area contributed by atoms with E-state index in [2.05, 4.69) is 22.9 Å². The number of ether oxygens (including phenoxy) is 2. The van der Waals surface area contributed by atoms with Crippen molar-refractivity contribution in [2.24, 2.45) is 0 Å². The molecule has 1 aliphatic rings. The van der Waals surface area contributed by atoms with Crippen molar-refractivity contribution in [2.75, 3.05) is 13.2 Å². The maximum Gasteiger partial charge on any atom is 0.172 e. The van der Waals surface area contributed by atoms with Crippen LogP contribution < -0.4 is 9.47 Å². The molecule has 3 nitrogen and oxygen atoms in total. The zero-order chi connectivity index (χ0) is 14.0. The highest BCUT2D eigenvalue weighted by Gasteiger charge is 2.31. The Kier molecular flexibility index (Phi) is 4.50. The highest BCUT2D eigenvalue weighted by molar-refractivity contribution is 9.10. The smallest absolute Gasteiger partial charge is 0.172 e. The van der Waals surface area contributed by atoms with E-state index in [0.717, 1.165) is 16.5 Å². The highest BCUT2D eigenvalue weighted by atomic mass is 79.9. The number of Topliss-reactive ketones (excluding diaryl/α,β-unsaturated/α-hetero) is 1. The lowest BCUT2D eigenvalue weighted by atomic mass is 9.82.